The summed E-state index contributed by atoms with van der Waals surface area (Å²) in [6.45, 7) is 5.04. The average molecular weight is 357 g/mol. The lowest BCUT2D eigenvalue weighted by atomic mass is 10.0. The highest BCUT2D eigenvalue weighted by Crippen LogP contribution is 2.24. The van der Waals surface area contributed by atoms with Gasteiger partial charge in [-0.2, -0.15) is 0 Å². The zero-order chi connectivity index (χ0) is 19.1. The first-order chi connectivity index (χ1) is 12.4. The van der Waals surface area contributed by atoms with Crippen molar-refractivity contribution in [2.45, 2.75) is 32.9 Å². The normalized spacial score (nSPS) is 12.9. The molecule has 0 aliphatic heterocycles. The number of benzene rings is 2. The van der Waals surface area contributed by atoms with Gasteiger partial charge in [0, 0.05) is 0 Å². The molecule has 0 spiro atoms. The van der Waals surface area contributed by atoms with Crippen molar-refractivity contribution in [2.24, 2.45) is 5.92 Å². The van der Waals surface area contributed by atoms with E-state index in [1.807, 2.05) is 30.3 Å². The van der Waals surface area contributed by atoms with Crippen molar-refractivity contribution in [1.29, 1.82) is 0 Å². The second-order valence-corrected chi connectivity index (χ2v) is 6.22. The van der Waals surface area contributed by atoms with Gasteiger partial charge in [0.25, 0.3) is 5.91 Å². The van der Waals surface area contributed by atoms with Gasteiger partial charge in [-0.05, 0) is 49.2 Å². The van der Waals surface area contributed by atoms with Gasteiger partial charge in [0.15, 0.2) is 6.10 Å². The van der Waals surface area contributed by atoms with Crippen LogP contribution in [0.5, 0.6) is 17.2 Å². The standard InChI is InChI=1S/C20H23NO5/c1-13(2)18(20(23)24)21-19(22)14(3)25-16-9-11-17(12-10-16)26-15-7-5-4-6-8-15/h4-14,18H,1-3H3,(H,21,22)(H,23,24). The first kappa shape index (κ1) is 19.3. The Labute approximate surface area is 152 Å². The van der Waals surface area contributed by atoms with Crippen LogP contribution in [0.2, 0.25) is 0 Å². The molecule has 0 radical (unpaired) electrons. The fraction of sp³-hybridized carbons (Fsp3) is 0.300. The van der Waals surface area contributed by atoms with Crippen LogP contribution in [0.15, 0.2) is 54.6 Å². The van der Waals surface area contributed by atoms with Crippen molar-refractivity contribution in [3.8, 4) is 17.2 Å². The Balaban J connectivity index is 1.93. The van der Waals surface area contributed by atoms with E-state index in [0.29, 0.717) is 11.5 Å². The van der Waals surface area contributed by atoms with Crippen LogP contribution in [0, 0.1) is 5.92 Å². The summed E-state index contributed by atoms with van der Waals surface area (Å²) in [5, 5.41) is 11.6. The molecule has 0 saturated carbocycles. The van der Waals surface area contributed by atoms with Crippen LogP contribution in [-0.4, -0.2) is 29.1 Å². The predicted molar refractivity (Wildman–Crippen MR) is 97.5 cm³/mol. The summed E-state index contributed by atoms with van der Waals surface area (Å²) in [7, 11) is 0. The van der Waals surface area contributed by atoms with Crippen molar-refractivity contribution >= 4 is 11.9 Å². The predicted octanol–water partition coefficient (Wildman–Crippen LogP) is 3.47. The number of rotatable bonds is 8. The summed E-state index contributed by atoms with van der Waals surface area (Å²) in [5.74, 6) is 0.0925. The highest BCUT2D eigenvalue weighted by Gasteiger charge is 2.26. The SMILES string of the molecule is CC(Oc1ccc(Oc2ccccc2)cc1)C(=O)NC(C(=O)O)C(C)C. The van der Waals surface area contributed by atoms with Gasteiger partial charge in [0.1, 0.15) is 23.3 Å². The number of para-hydroxylation sites is 1. The summed E-state index contributed by atoms with van der Waals surface area (Å²) < 4.78 is 11.3. The Morgan fingerprint density at radius 2 is 1.42 bits per heavy atom. The molecule has 26 heavy (non-hydrogen) atoms. The molecule has 2 atom stereocenters. The number of hydrogen-bond acceptors (Lipinski definition) is 4. The highest BCUT2D eigenvalue weighted by molar-refractivity contribution is 5.86. The van der Waals surface area contributed by atoms with Gasteiger partial charge in [-0.3, -0.25) is 4.79 Å². The number of carbonyl (C=O) groups excluding carboxylic acids is 1. The monoisotopic (exact) mass is 357 g/mol. The fourth-order valence-corrected chi connectivity index (χ4v) is 2.25. The van der Waals surface area contributed by atoms with Crippen LogP contribution in [0.3, 0.4) is 0 Å². The fourth-order valence-electron chi connectivity index (χ4n) is 2.25. The van der Waals surface area contributed by atoms with Crippen LogP contribution in [0.25, 0.3) is 0 Å². The highest BCUT2D eigenvalue weighted by atomic mass is 16.5. The number of hydrogen-bond donors (Lipinski definition) is 2. The summed E-state index contributed by atoms with van der Waals surface area (Å²) in [5.41, 5.74) is 0. The van der Waals surface area contributed by atoms with E-state index in [2.05, 4.69) is 5.32 Å². The van der Waals surface area contributed by atoms with Crippen LogP contribution < -0.4 is 14.8 Å². The molecule has 6 nitrogen and oxygen atoms in total. The Hall–Kier alpha value is -3.02. The maximum atomic E-state index is 12.2. The van der Waals surface area contributed by atoms with Gasteiger partial charge in [-0.25, -0.2) is 4.79 Å². The van der Waals surface area contributed by atoms with Crippen molar-refractivity contribution in [1.82, 2.24) is 5.32 Å². The van der Waals surface area contributed by atoms with Gasteiger partial charge in [-0.15, -0.1) is 0 Å². The van der Waals surface area contributed by atoms with E-state index in [1.54, 1.807) is 45.0 Å². The summed E-state index contributed by atoms with van der Waals surface area (Å²) in [6.07, 6.45) is -0.823. The van der Waals surface area contributed by atoms with E-state index in [1.165, 1.54) is 0 Å². The number of nitrogens with one attached hydrogen (secondary N) is 1. The Bertz CT molecular complexity index is 728. The van der Waals surface area contributed by atoms with Gasteiger partial charge in [0.2, 0.25) is 0 Å². The van der Waals surface area contributed by atoms with E-state index in [9.17, 15) is 9.59 Å². The molecule has 2 N–H and O–H groups in total. The third-order valence-electron chi connectivity index (χ3n) is 3.72. The van der Waals surface area contributed by atoms with Crippen molar-refractivity contribution in [3.63, 3.8) is 0 Å². The molecule has 0 aliphatic carbocycles. The molecule has 0 bridgehead atoms. The molecule has 2 unspecified atom stereocenters. The van der Waals surface area contributed by atoms with Crippen LogP contribution in [0.4, 0.5) is 0 Å². The smallest absolute Gasteiger partial charge is 0.326 e. The molecule has 2 rings (SSSR count). The molecule has 0 saturated heterocycles. The molecule has 0 aromatic heterocycles. The van der Waals surface area contributed by atoms with Crippen LogP contribution in [0.1, 0.15) is 20.8 Å². The maximum absolute atomic E-state index is 12.2. The zero-order valence-corrected chi connectivity index (χ0v) is 15.0. The van der Waals surface area contributed by atoms with E-state index < -0.39 is 24.0 Å². The molecule has 2 aromatic rings. The lowest BCUT2D eigenvalue weighted by Gasteiger charge is -2.21. The number of amides is 1. The lowest BCUT2D eigenvalue weighted by molar-refractivity contribution is -0.144. The first-order valence-electron chi connectivity index (χ1n) is 8.39. The molecule has 0 fully saturated rings. The topological polar surface area (TPSA) is 84.9 Å². The van der Waals surface area contributed by atoms with Gasteiger partial charge in [0.05, 0.1) is 0 Å². The van der Waals surface area contributed by atoms with E-state index in [4.69, 9.17) is 14.6 Å². The van der Waals surface area contributed by atoms with Crippen molar-refractivity contribution < 1.29 is 24.2 Å². The van der Waals surface area contributed by atoms with Gasteiger partial charge >= 0.3 is 5.97 Å². The third kappa shape index (κ3) is 5.51. The number of aliphatic carboxylic acids is 1. The first-order valence-corrected chi connectivity index (χ1v) is 8.39. The third-order valence-corrected chi connectivity index (χ3v) is 3.72. The van der Waals surface area contributed by atoms with E-state index in [0.717, 1.165) is 5.75 Å². The number of ether oxygens (including phenoxy) is 2. The molecule has 6 heteroatoms. The second kappa shape index (κ2) is 8.89. The minimum atomic E-state index is -1.07. The van der Waals surface area contributed by atoms with Crippen molar-refractivity contribution in [3.05, 3.63) is 54.6 Å². The summed E-state index contributed by atoms with van der Waals surface area (Å²) in [6, 6.07) is 15.3. The zero-order valence-electron chi connectivity index (χ0n) is 15.0. The molecule has 138 valence electrons. The van der Waals surface area contributed by atoms with Gasteiger partial charge in [-0.1, -0.05) is 32.0 Å². The summed E-state index contributed by atoms with van der Waals surface area (Å²) in [4.78, 5) is 23.3. The number of carboxylic acids is 1. The number of carboxylic acid groups (broad SMARTS) is 1. The summed E-state index contributed by atoms with van der Waals surface area (Å²) >= 11 is 0. The van der Waals surface area contributed by atoms with Crippen LogP contribution >= 0.6 is 0 Å². The largest absolute Gasteiger partial charge is 0.481 e. The molecule has 0 heterocycles. The Kier molecular flexibility index (Phi) is 6.60. The van der Waals surface area contributed by atoms with E-state index >= 15 is 0 Å². The minimum Gasteiger partial charge on any atom is -0.481 e. The quantitative estimate of drug-likeness (QED) is 0.756. The van der Waals surface area contributed by atoms with E-state index in [-0.39, 0.29) is 5.92 Å². The minimum absolute atomic E-state index is 0.224. The lowest BCUT2D eigenvalue weighted by Crippen LogP contribution is -2.48. The molecule has 0 aliphatic rings. The Morgan fingerprint density at radius 3 is 1.96 bits per heavy atom. The number of carbonyl (C=O) groups is 2. The molecule has 1 amide bonds. The molecular weight excluding hydrogens is 334 g/mol. The second-order valence-electron chi connectivity index (χ2n) is 6.22. The maximum Gasteiger partial charge on any atom is 0.326 e. The van der Waals surface area contributed by atoms with Crippen LogP contribution in [-0.2, 0) is 9.59 Å². The molecule has 2 aromatic carbocycles. The average Bonchev–Trinajstić information content (AvgIpc) is 2.61. The Morgan fingerprint density at radius 1 is 0.885 bits per heavy atom. The van der Waals surface area contributed by atoms with Crippen molar-refractivity contribution in [2.75, 3.05) is 0 Å². The van der Waals surface area contributed by atoms with Gasteiger partial charge < -0.3 is 19.9 Å². The molecular formula is C20H23NO5.